The maximum absolute atomic E-state index is 11.1. The summed E-state index contributed by atoms with van der Waals surface area (Å²) in [7, 11) is 1.67. The molecule has 0 radical (unpaired) electrons. The van der Waals surface area contributed by atoms with Gasteiger partial charge >= 0.3 is 0 Å². The van der Waals surface area contributed by atoms with Crippen molar-refractivity contribution in [2.45, 2.75) is 26.7 Å². The molecule has 0 spiro atoms. The Morgan fingerprint density at radius 1 is 1.45 bits per heavy atom. The second-order valence-electron chi connectivity index (χ2n) is 2.44. The van der Waals surface area contributed by atoms with Crippen molar-refractivity contribution in [3.8, 4) is 0 Å². The number of amides is 1. The molecule has 0 aliphatic heterocycles. The topological polar surface area (TPSA) is 49.6 Å². The Morgan fingerprint density at radius 2 is 2.00 bits per heavy atom. The molecule has 4 heteroatoms. The highest BCUT2D eigenvalue weighted by molar-refractivity contribution is 5.75. The molecule has 0 aliphatic carbocycles. The summed E-state index contributed by atoms with van der Waals surface area (Å²) in [6.07, 6.45) is 1.43. The zero-order chi connectivity index (χ0) is 8.85. The Balaban J connectivity index is 3.98. The molecule has 0 atom stereocenters. The van der Waals surface area contributed by atoms with Gasteiger partial charge in [-0.3, -0.25) is 15.6 Å². The second-order valence-corrected chi connectivity index (χ2v) is 2.44. The van der Waals surface area contributed by atoms with Crippen LogP contribution in [0.1, 0.15) is 26.7 Å². The van der Waals surface area contributed by atoms with Crippen LogP contribution in [0.2, 0.25) is 0 Å². The average Bonchev–Trinajstić information content (AvgIpc) is 1.98. The Kier molecular flexibility index (Phi) is 4.81. The van der Waals surface area contributed by atoms with Gasteiger partial charge in [0.25, 0.3) is 0 Å². The fourth-order valence-electron chi connectivity index (χ4n) is 0.853. The summed E-state index contributed by atoms with van der Waals surface area (Å²) < 4.78 is 0. The van der Waals surface area contributed by atoms with Crippen molar-refractivity contribution < 1.29 is 4.79 Å². The molecule has 0 unspecified atom stereocenters. The first-order chi connectivity index (χ1) is 5.13. The van der Waals surface area contributed by atoms with Gasteiger partial charge < -0.3 is 0 Å². The third-order valence-corrected chi connectivity index (χ3v) is 1.41. The van der Waals surface area contributed by atoms with Crippen LogP contribution in [0, 0.1) is 0 Å². The van der Waals surface area contributed by atoms with Crippen molar-refractivity contribution in [3.05, 3.63) is 0 Å². The Bertz CT molecular complexity index is 125. The third-order valence-electron chi connectivity index (χ3n) is 1.41. The summed E-state index contributed by atoms with van der Waals surface area (Å²) in [4.78, 5) is 11.1. The van der Waals surface area contributed by atoms with Crippen LogP contribution in [-0.2, 0) is 4.79 Å². The maximum atomic E-state index is 11.1. The lowest BCUT2D eigenvalue weighted by molar-refractivity contribution is -0.146. The smallest absolute Gasteiger partial charge is 0.237 e. The van der Waals surface area contributed by atoms with Crippen molar-refractivity contribution in [1.29, 1.82) is 0 Å². The zero-order valence-electron chi connectivity index (χ0n) is 7.50. The molecule has 0 aromatic rings. The van der Waals surface area contributed by atoms with E-state index in [9.17, 15) is 4.79 Å². The Morgan fingerprint density at radius 3 is 2.27 bits per heavy atom. The van der Waals surface area contributed by atoms with Gasteiger partial charge in [0.2, 0.25) is 5.91 Å². The maximum Gasteiger partial charge on any atom is 0.237 e. The van der Waals surface area contributed by atoms with E-state index in [4.69, 9.17) is 5.84 Å². The number of carbonyl (C=O) groups excluding carboxylic acids is 1. The molecule has 1 amide bonds. The molecule has 0 aliphatic rings. The molecule has 4 nitrogen and oxygen atoms in total. The summed E-state index contributed by atoms with van der Waals surface area (Å²) in [5.41, 5.74) is 0. The molecule has 0 fully saturated rings. The number of hydrazine groups is 2. The predicted molar refractivity (Wildman–Crippen MR) is 44.2 cm³/mol. The standard InChI is InChI=1S/C7H17N3O/c1-4-6-10(9(3)8)7(11)5-2/h4-6,8H2,1-3H3. The van der Waals surface area contributed by atoms with Gasteiger partial charge in [0, 0.05) is 20.0 Å². The Labute approximate surface area is 67.9 Å². The van der Waals surface area contributed by atoms with Crippen LogP contribution in [-0.4, -0.2) is 29.6 Å². The molecule has 0 bridgehead atoms. The molecule has 0 aromatic heterocycles. The number of rotatable bonds is 4. The summed E-state index contributed by atoms with van der Waals surface area (Å²) in [5.74, 6) is 5.50. The number of hydrogen-bond acceptors (Lipinski definition) is 3. The highest BCUT2D eigenvalue weighted by Gasteiger charge is 2.11. The molecule has 0 aromatic carbocycles. The number of nitrogens with zero attached hydrogens (tertiary/aromatic N) is 2. The molecule has 11 heavy (non-hydrogen) atoms. The van der Waals surface area contributed by atoms with Crippen molar-refractivity contribution in [2.75, 3.05) is 13.6 Å². The van der Waals surface area contributed by atoms with Crippen molar-refractivity contribution in [2.24, 2.45) is 5.84 Å². The highest BCUT2D eigenvalue weighted by atomic mass is 16.2. The molecule has 0 saturated carbocycles. The largest absolute Gasteiger partial charge is 0.273 e. The third kappa shape index (κ3) is 3.34. The molecule has 66 valence electrons. The number of carbonyl (C=O) groups is 1. The van der Waals surface area contributed by atoms with Gasteiger partial charge in [-0.15, -0.1) is 0 Å². The van der Waals surface area contributed by atoms with Crippen LogP contribution in [0.3, 0.4) is 0 Å². The molecular weight excluding hydrogens is 142 g/mol. The predicted octanol–water partition coefficient (Wildman–Crippen LogP) is 0.356. The minimum atomic E-state index is 0.0665. The van der Waals surface area contributed by atoms with E-state index < -0.39 is 0 Å². The zero-order valence-corrected chi connectivity index (χ0v) is 7.50. The van der Waals surface area contributed by atoms with Gasteiger partial charge in [0.1, 0.15) is 0 Å². The highest BCUT2D eigenvalue weighted by Crippen LogP contribution is 1.95. The van der Waals surface area contributed by atoms with E-state index in [2.05, 4.69) is 0 Å². The van der Waals surface area contributed by atoms with Gasteiger partial charge in [0.05, 0.1) is 0 Å². The van der Waals surface area contributed by atoms with Crippen LogP contribution in [0.5, 0.6) is 0 Å². The number of hydrogen-bond donors (Lipinski definition) is 1. The SMILES string of the molecule is CCCN(C(=O)CC)N(C)N. The molecular formula is C7H17N3O. The van der Waals surface area contributed by atoms with E-state index in [0.29, 0.717) is 13.0 Å². The summed E-state index contributed by atoms with van der Waals surface area (Å²) in [6.45, 7) is 4.54. The Hall–Kier alpha value is -0.610. The van der Waals surface area contributed by atoms with E-state index >= 15 is 0 Å². The first-order valence-electron chi connectivity index (χ1n) is 3.92. The first kappa shape index (κ1) is 10.4. The molecule has 2 N–H and O–H groups in total. The molecule has 0 heterocycles. The lowest BCUT2D eigenvalue weighted by atomic mass is 10.4. The summed E-state index contributed by atoms with van der Waals surface area (Å²) >= 11 is 0. The lowest BCUT2D eigenvalue weighted by Gasteiger charge is -2.27. The van der Waals surface area contributed by atoms with Gasteiger partial charge in [-0.05, 0) is 6.42 Å². The molecule has 0 saturated heterocycles. The van der Waals surface area contributed by atoms with Gasteiger partial charge in [-0.2, -0.15) is 5.12 Å². The van der Waals surface area contributed by atoms with E-state index in [1.54, 1.807) is 12.1 Å². The lowest BCUT2D eigenvalue weighted by Crippen LogP contribution is -2.48. The van der Waals surface area contributed by atoms with Gasteiger partial charge in [0.15, 0.2) is 0 Å². The van der Waals surface area contributed by atoms with Crippen molar-refractivity contribution in [1.82, 2.24) is 10.1 Å². The minimum absolute atomic E-state index is 0.0665. The van der Waals surface area contributed by atoms with Gasteiger partial charge in [-0.25, -0.2) is 0 Å². The van der Waals surface area contributed by atoms with Crippen LogP contribution in [0.15, 0.2) is 0 Å². The van der Waals surface area contributed by atoms with E-state index in [1.165, 1.54) is 5.12 Å². The molecule has 0 rings (SSSR count). The summed E-state index contributed by atoms with van der Waals surface area (Å²) in [5, 5.41) is 2.88. The normalized spacial score (nSPS) is 10.3. The van der Waals surface area contributed by atoms with Crippen LogP contribution in [0.25, 0.3) is 0 Å². The van der Waals surface area contributed by atoms with Crippen molar-refractivity contribution in [3.63, 3.8) is 0 Å². The van der Waals surface area contributed by atoms with E-state index in [-0.39, 0.29) is 5.91 Å². The fraction of sp³-hybridized carbons (Fsp3) is 0.857. The monoisotopic (exact) mass is 159 g/mol. The minimum Gasteiger partial charge on any atom is -0.273 e. The number of nitrogens with two attached hydrogens (primary N) is 1. The second kappa shape index (κ2) is 5.09. The fourth-order valence-corrected chi connectivity index (χ4v) is 0.853. The summed E-state index contributed by atoms with van der Waals surface area (Å²) in [6, 6.07) is 0. The first-order valence-corrected chi connectivity index (χ1v) is 3.92. The van der Waals surface area contributed by atoms with E-state index in [0.717, 1.165) is 6.42 Å². The van der Waals surface area contributed by atoms with Crippen LogP contribution >= 0.6 is 0 Å². The average molecular weight is 159 g/mol. The van der Waals surface area contributed by atoms with Crippen LogP contribution in [0.4, 0.5) is 0 Å². The quantitative estimate of drug-likeness (QED) is 0.476. The van der Waals surface area contributed by atoms with Crippen molar-refractivity contribution >= 4 is 5.91 Å². The van der Waals surface area contributed by atoms with Crippen LogP contribution < -0.4 is 5.84 Å². The van der Waals surface area contributed by atoms with E-state index in [1.807, 2.05) is 13.8 Å². The van der Waals surface area contributed by atoms with Gasteiger partial charge in [-0.1, -0.05) is 13.8 Å².